The minimum atomic E-state index is -0.301. The topological polar surface area (TPSA) is 96.4 Å². The van der Waals surface area contributed by atoms with Crippen molar-refractivity contribution in [2.45, 2.75) is 18.9 Å². The Labute approximate surface area is 202 Å². The van der Waals surface area contributed by atoms with E-state index in [1.807, 2.05) is 24.3 Å². The van der Waals surface area contributed by atoms with Gasteiger partial charge in [0.15, 0.2) is 0 Å². The highest BCUT2D eigenvalue weighted by Crippen LogP contribution is 2.27. The lowest BCUT2D eigenvalue weighted by atomic mass is 10.0. The van der Waals surface area contributed by atoms with Crippen molar-refractivity contribution in [3.05, 3.63) is 94.4 Å². The number of hydrogen-bond donors (Lipinski definition) is 2. The van der Waals surface area contributed by atoms with Gasteiger partial charge in [-0.3, -0.25) is 14.2 Å². The highest BCUT2D eigenvalue weighted by atomic mass is 16.5. The number of piperidine rings is 1. The summed E-state index contributed by atoms with van der Waals surface area (Å²) in [6.07, 6.45) is 1.35. The van der Waals surface area contributed by atoms with Gasteiger partial charge >= 0.3 is 5.69 Å². The molecule has 2 amide bonds. The highest BCUT2D eigenvalue weighted by Gasteiger charge is 2.28. The van der Waals surface area contributed by atoms with Crippen LogP contribution >= 0.6 is 0 Å². The number of imidazole rings is 1. The van der Waals surface area contributed by atoms with Crippen LogP contribution in [-0.4, -0.2) is 46.5 Å². The number of likely N-dealkylation sites (tertiary alicyclic amines) is 1. The molecule has 1 saturated heterocycles. The van der Waals surface area contributed by atoms with Crippen LogP contribution < -0.4 is 15.7 Å². The number of carbonyl (C=O) groups excluding carboxylic acids is 2. The third kappa shape index (κ3) is 4.42. The molecule has 0 saturated carbocycles. The second-order valence-electron chi connectivity index (χ2n) is 8.57. The van der Waals surface area contributed by atoms with Crippen molar-refractivity contribution in [2.24, 2.45) is 0 Å². The number of nitrogens with one attached hydrogen (secondary N) is 2. The molecule has 1 fully saturated rings. The number of carbonyl (C=O) groups is 2. The molecule has 8 heteroatoms. The molecule has 4 aromatic rings. The van der Waals surface area contributed by atoms with Gasteiger partial charge in [0.25, 0.3) is 11.8 Å². The van der Waals surface area contributed by atoms with Crippen LogP contribution in [0.5, 0.6) is 5.75 Å². The second kappa shape index (κ2) is 9.50. The van der Waals surface area contributed by atoms with E-state index in [1.54, 1.807) is 65.1 Å². The molecule has 1 aliphatic heterocycles. The number of hydrogen-bond acceptors (Lipinski definition) is 4. The maximum atomic E-state index is 13.4. The monoisotopic (exact) mass is 470 g/mol. The molecular weight excluding hydrogens is 444 g/mol. The highest BCUT2D eigenvalue weighted by molar-refractivity contribution is 6.09. The van der Waals surface area contributed by atoms with Crippen molar-refractivity contribution in [2.75, 3.05) is 25.5 Å². The molecule has 0 aliphatic carbocycles. The number of aromatic nitrogens is 2. The van der Waals surface area contributed by atoms with Crippen molar-refractivity contribution in [1.82, 2.24) is 14.5 Å². The predicted molar refractivity (Wildman–Crippen MR) is 134 cm³/mol. The smallest absolute Gasteiger partial charge is 0.326 e. The number of H-pyrrole nitrogens is 1. The summed E-state index contributed by atoms with van der Waals surface area (Å²) in [5, 5.41) is 2.87. The molecule has 3 aromatic carbocycles. The summed E-state index contributed by atoms with van der Waals surface area (Å²) in [7, 11) is 1.57. The maximum Gasteiger partial charge on any atom is 0.326 e. The van der Waals surface area contributed by atoms with E-state index in [0.29, 0.717) is 48.5 Å². The van der Waals surface area contributed by atoms with Crippen LogP contribution in [0, 0.1) is 0 Å². The average molecular weight is 471 g/mol. The van der Waals surface area contributed by atoms with E-state index in [9.17, 15) is 14.4 Å². The first-order valence-electron chi connectivity index (χ1n) is 11.6. The zero-order chi connectivity index (χ0) is 24.4. The molecular formula is C27H26N4O4. The van der Waals surface area contributed by atoms with Gasteiger partial charge in [0.2, 0.25) is 0 Å². The SMILES string of the molecule is COc1ccc(C(=O)Nc2ccccc2C(=O)N2CCC(n3c(=O)[nH]c4ccccc43)CC2)cc1. The van der Waals surface area contributed by atoms with Gasteiger partial charge in [0, 0.05) is 24.7 Å². The van der Waals surface area contributed by atoms with Crippen LogP contribution in [0.3, 0.4) is 0 Å². The van der Waals surface area contributed by atoms with Crippen molar-refractivity contribution in [3.63, 3.8) is 0 Å². The molecule has 35 heavy (non-hydrogen) atoms. The molecule has 8 nitrogen and oxygen atoms in total. The normalized spacial score (nSPS) is 14.1. The quantitative estimate of drug-likeness (QED) is 0.460. The maximum absolute atomic E-state index is 13.4. The number of aromatic amines is 1. The van der Waals surface area contributed by atoms with E-state index < -0.39 is 0 Å². The number of rotatable bonds is 5. The summed E-state index contributed by atoms with van der Waals surface area (Å²) in [6.45, 7) is 1.05. The summed E-state index contributed by atoms with van der Waals surface area (Å²) < 4.78 is 6.95. The van der Waals surface area contributed by atoms with Gasteiger partial charge in [-0.2, -0.15) is 0 Å². The molecule has 1 aliphatic rings. The Morgan fingerprint density at radius 1 is 0.943 bits per heavy atom. The minimum absolute atomic E-state index is 0.0210. The zero-order valence-corrected chi connectivity index (χ0v) is 19.4. The number of nitrogens with zero attached hydrogens (tertiary/aromatic N) is 2. The first kappa shape index (κ1) is 22.5. The lowest BCUT2D eigenvalue weighted by Crippen LogP contribution is -2.40. The van der Waals surface area contributed by atoms with Crippen LogP contribution in [0.1, 0.15) is 39.6 Å². The molecule has 0 spiro atoms. The number of amides is 2. The summed E-state index contributed by atoms with van der Waals surface area (Å²) >= 11 is 0. The fourth-order valence-electron chi connectivity index (χ4n) is 4.65. The van der Waals surface area contributed by atoms with Crippen LogP contribution in [-0.2, 0) is 0 Å². The molecule has 0 atom stereocenters. The van der Waals surface area contributed by atoms with Crippen molar-refractivity contribution < 1.29 is 14.3 Å². The third-order valence-corrected chi connectivity index (χ3v) is 6.50. The molecule has 0 radical (unpaired) electrons. The Morgan fingerprint density at radius 2 is 1.63 bits per heavy atom. The van der Waals surface area contributed by atoms with E-state index in [-0.39, 0.29) is 23.5 Å². The van der Waals surface area contributed by atoms with Gasteiger partial charge in [-0.05, 0) is 61.4 Å². The Kier molecular flexibility index (Phi) is 6.10. The molecule has 1 aromatic heterocycles. The van der Waals surface area contributed by atoms with Crippen molar-refractivity contribution >= 4 is 28.5 Å². The second-order valence-corrected chi connectivity index (χ2v) is 8.57. The molecule has 178 valence electrons. The molecule has 5 rings (SSSR count). The number of benzene rings is 3. The zero-order valence-electron chi connectivity index (χ0n) is 19.4. The number of anilines is 1. The number of fused-ring (bicyclic) bond motifs is 1. The molecule has 2 heterocycles. The number of methoxy groups -OCH3 is 1. The molecule has 0 bridgehead atoms. The third-order valence-electron chi connectivity index (χ3n) is 6.50. The summed E-state index contributed by atoms with van der Waals surface area (Å²) in [5.74, 6) is 0.223. The summed E-state index contributed by atoms with van der Waals surface area (Å²) in [4.78, 5) is 43.4. The minimum Gasteiger partial charge on any atom is -0.497 e. The lowest BCUT2D eigenvalue weighted by Gasteiger charge is -2.33. The summed E-state index contributed by atoms with van der Waals surface area (Å²) in [6, 6.07) is 21.5. The Balaban J connectivity index is 1.29. The van der Waals surface area contributed by atoms with Crippen LogP contribution in [0.25, 0.3) is 11.0 Å². The van der Waals surface area contributed by atoms with E-state index in [0.717, 1.165) is 11.0 Å². The average Bonchev–Trinajstić information content (AvgIpc) is 3.24. The van der Waals surface area contributed by atoms with Crippen LogP contribution in [0.4, 0.5) is 5.69 Å². The first-order chi connectivity index (χ1) is 17.0. The fourth-order valence-corrected chi connectivity index (χ4v) is 4.65. The predicted octanol–water partition coefficient (Wildman–Crippen LogP) is 4.07. The largest absolute Gasteiger partial charge is 0.497 e. The van der Waals surface area contributed by atoms with E-state index >= 15 is 0 Å². The van der Waals surface area contributed by atoms with Crippen LogP contribution in [0.2, 0.25) is 0 Å². The Hall–Kier alpha value is -4.33. The van der Waals surface area contributed by atoms with Gasteiger partial charge in [0.05, 0.1) is 29.4 Å². The van der Waals surface area contributed by atoms with Crippen molar-refractivity contribution in [3.8, 4) is 5.75 Å². The summed E-state index contributed by atoms with van der Waals surface area (Å²) in [5.41, 5.74) is 2.96. The van der Waals surface area contributed by atoms with Gasteiger partial charge in [-0.15, -0.1) is 0 Å². The molecule has 2 N–H and O–H groups in total. The van der Waals surface area contributed by atoms with Gasteiger partial charge in [0.1, 0.15) is 5.75 Å². The lowest BCUT2D eigenvalue weighted by molar-refractivity contribution is 0.0696. The van der Waals surface area contributed by atoms with Gasteiger partial charge in [-0.1, -0.05) is 24.3 Å². The number of para-hydroxylation sites is 3. The van der Waals surface area contributed by atoms with E-state index in [1.165, 1.54) is 0 Å². The fraction of sp³-hybridized carbons (Fsp3) is 0.222. The van der Waals surface area contributed by atoms with E-state index in [2.05, 4.69) is 10.3 Å². The molecule has 0 unspecified atom stereocenters. The van der Waals surface area contributed by atoms with Crippen LogP contribution in [0.15, 0.2) is 77.6 Å². The first-order valence-corrected chi connectivity index (χ1v) is 11.6. The van der Waals surface area contributed by atoms with Gasteiger partial charge < -0.3 is 19.9 Å². The number of ether oxygens (including phenoxy) is 1. The van der Waals surface area contributed by atoms with Gasteiger partial charge in [-0.25, -0.2) is 4.79 Å². The Bertz CT molecular complexity index is 1430. The Morgan fingerprint density at radius 3 is 2.37 bits per heavy atom. The van der Waals surface area contributed by atoms with E-state index in [4.69, 9.17) is 4.74 Å². The standard InChI is InChI=1S/C27H26N4O4/c1-35-20-12-10-18(11-13-20)25(32)28-22-7-3-2-6-21(22)26(33)30-16-14-19(15-17-30)31-24-9-5-4-8-23(24)29-27(31)34/h2-13,19H,14-17H2,1H3,(H,28,32)(H,29,34). The van der Waals surface area contributed by atoms with Crippen molar-refractivity contribution in [1.29, 1.82) is 0 Å².